The molecule has 0 saturated carbocycles. The van der Waals surface area contributed by atoms with Crippen LogP contribution in [0.3, 0.4) is 0 Å². The molecule has 0 radical (unpaired) electrons. The highest BCUT2D eigenvalue weighted by Gasteiger charge is 2.07. The van der Waals surface area contributed by atoms with E-state index in [0.717, 1.165) is 17.2 Å². The second-order valence-electron chi connectivity index (χ2n) is 4.24. The Labute approximate surface area is 97.8 Å². The summed E-state index contributed by atoms with van der Waals surface area (Å²) in [6.07, 6.45) is 0.328. The van der Waals surface area contributed by atoms with E-state index in [1.807, 2.05) is 52.9 Å². The molecule has 0 amide bonds. The zero-order valence-corrected chi connectivity index (χ0v) is 10.7. The fourth-order valence-electron chi connectivity index (χ4n) is 1.41. The van der Waals surface area contributed by atoms with Gasteiger partial charge in [0.15, 0.2) is 0 Å². The van der Waals surface area contributed by atoms with E-state index in [2.05, 4.69) is 5.32 Å². The molecule has 0 heterocycles. The first-order valence-electron chi connectivity index (χ1n) is 5.68. The van der Waals surface area contributed by atoms with Crippen molar-refractivity contribution >= 4 is 5.69 Å². The zero-order valence-electron chi connectivity index (χ0n) is 10.7. The van der Waals surface area contributed by atoms with Gasteiger partial charge in [-0.15, -0.1) is 0 Å². The van der Waals surface area contributed by atoms with Gasteiger partial charge in [0.1, 0.15) is 11.5 Å². The summed E-state index contributed by atoms with van der Waals surface area (Å²) in [7, 11) is 1.88. The average Bonchev–Trinajstić information content (AvgIpc) is 2.16. The summed E-state index contributed by atoms with van der Waals surface area (Å²) in [6.45, 7) is 8.04. The van der Waals surface area contributed by atoms with Gasteiger partial charge >= 0.3 is 0 Å². The van der Waals surface area contributed by atoms with Crippen molar-refractivity contribution in [2.45, 2.75) is 39.9 Å². The van der Waals surface area contributed by atoms with Crippen LogP contribution < -0.4 is 14.8 Å². The van der Waals surface area contributed by atoms with E-state index in [-0.39, 0.29) is 12.2 Å². The maximum Gasteiger partial charge on any atom is 0.146 e. The third kappa shape index (κ3) is 3.65. The molecule has 0 atom stereocenters. The molecule has 90 valence electrons. The minimum atomic E-state index is 0.154. The molecule has 1 rings (SSSR count). The van der Waals surface area contributed by atoms with Crippen molar-refractivity contribution in [2.75, 3.05) is 12.4 Å². The molecule has 16 heavy (non-hydrogen) atoms. The molecule has 0 bridgehead atoms. The Bertz CT molecular complexity index is 335. The first-order chi connectivity index (χ1) is 7.52. The molecule has 0 aliphatic rings. The molecular weight excluding hydrogens is 202 g/mol. The van der Waals surface area contributed by atoms with Gasteiger partial charge in [0.25, 0.3) is 0 Å². The van der Waals surface area contributed by atoms with Crippen molar-refractivity contribution in [3.05, 3.63) is 18.2 Å². The van der Waals surface area contributed by atoms with E-state index in [9.17, 15) is 0 Å². The Balaban J connectivity index is 2.91. The molecule has 3 nitrogen and oxygen atoms in total. The largest absolute Gasteiger partial charge is 0.491 e. The highest BCUT2D eigenvalue weighted by Crippen LogP contribution is 2.30. The Morgan fingerprint density at radius 1 is 1.00 bits per heavy atom. The summed E-state index contributed by atoms with van der Waals surface area (Å²) in [6, 6.07) is 5.83. The van der Waals surface area contributed by atoms with Gasteiger partial charge in [-0.25, -0.2) is 0 Å². The number of nitrogens with one attached hydrogen (secondary N) is 1. The molecular formula is C13H21NO2. The van der Waals surface area contributed by atoms with Crippen molar-refractivity contribution < 1.29 is 9.47 Å². The normalized spacial score (nSPS) is 10.7. The van der Waals surface area contributed by atoms with Gasteiger partial charge in [0.05, 0.1) is 17.9 Å². The van der Waals surface area contributed by atoms with E-state index in [1.165, 1.54) is 0 Å². The van der Waals surface area contributed by atoms with Gasteiger partial charge in [0, 0.05) is 13.1 Å². The molecule has 0 aliphatic carbocycles. The summed E-state index contributed by atoms with van der Waals surface area (Å²) in [5.41, 5.74) is 0.977. The highest BCUT2D eigenvalue weighted by molar-refractivity contribution is 5.58. The van der Waals surface area contributed by atoms with Gasteiger partial charge in [-0.05, 0) is 39.8 Å². The lowest BCUT2D eigenvalue weighted by molar-refractivity contribution is 0.230. The van der Waals surface area contributed by atoms with E-state index in [1.54, 1.807) is 0 Å². The summed E-state index contributed by atoms with van der Waals surface area (Å²) in [5.74, 6) is 1.67. The predicted molar refractivity (Wildman–Crippen MR) is 67.5 cm³/mol. The van der Waals surface area contributed by atoms with Crippen LogP contribution in [-0.4, -0.2) is 19.3 Å². The molecule has 0 spiro atoms. The van der Waals surface area contributed by atoms with Crippen LogP contribution in [0.25, 0.3) is 0 Å². The van der Waals surface area contributed by atoms with Crippen molar-refractivity contribution in [1.29, 1.82) is 0 Å². The summed E-state index contributed by atoms with van der Waals surface area (Å²) >= 11 is 0. The van der Waals surface area contributed by atoms with Crippen LogP contribution in [0.15, 0.2) is 18.2 Å². The van der Waals surface area contributed by atoms with Gasteiger partial charge in [-0.2, -0.15) is 0 Å². The molecule has 3 heteroatoms. The number of hydrogen-bond donors (Lipinski definition) is 1. The van der Waals surface area contributed by atoms with Crippen molar-refractivity contribution in [3.8, 4) is 11.5 Å². The maximum atomic E-state index is 5.72. The van der Waals surface area contributed by atoms with Crippen LogP contribution in [-0.2, 0) is 0 Å². The average molecular weight is 223 g/mol. The number of hydrogen-bond acceptors (Lipinski definition) is 3. The van der Waals surface area contributed by atoms with Crippen LogP contribution in [0.1, 0.15) is 27.7 Å². The predicted octanol–water partition coefficient (Wildman–Crippen LogP) is 3.30. The van der Waals surface area contributed by atoms with Crippen LogP contribution in [0.4, 0.5) is 5.69 Å². The standard InChI is InChI=1S/C13H21NO2/c1-9(2)15-11-6-7-12(14-5)13(8-11)16-10(3)4/h6-10,14H,1-5H3. The minimum Gasteiger partial charge on any atom is -0.491 e. The lowest BCUT2D eigenvalue weighted by Gasteiger charge is -2.16. The molecule has 0 unspecified atom stereocenters. The molecule has 0 aliphatic heterocycles. The van der Waals surface area contributed by atoms with Crippen LogP contribution in [0, 0.1) is 0 Å². The smallest absolute Gasteiger partial charge is 0.146 e. The van der Waals surface area contributed by atoms with E-state index < -0.39 is 0 Å². The Hall–Kier alpha value is -1.38. The molecule has 1 N–H and O–H groups in total. The number of anilines is 1. The van der Waals surface area contributed by atoms with Crippen molar-refractivity contribution in [1.82, 2.24) is 0 Å². The first-order valence-corrected chi connectivity index (χ1v) is 5.68. The van der Waals surface area contributed by atoms with Crippen molar-refractivity contribution in [3.63, 3.8) is 0 Å². The third-order valence-corrected chi connectivity index (χ3v) is 1.96. The molecule has 0 aromatic heterocycles. The fourth-order valence-corrected chi connectivity index (χ4v) is 1.41. The number of benzene rings is 1. The Kier molecular flexibility index (Phi) is 4.47. The summed E-state index contributed by atoms with van der Waals surface area (Å²) in [4.78, 5) is 0. The van der Waals surface area contributed by atoms with Gasteiger partial charge in [-0.1, -0.05) is 0 Å². The quantitative estimate of drug-likeness (QED) is 0.830. The van der Waals surface area contributed by atoms with Crippen molar-refractivity contribution in [2.24, 2.45) is 0 Å². The molecule has 1 aromatic rings. The summed E-state index contributed by atoms with van der Waals surface area (Å²) in [5, 5.41) is 3.10. The van der Waals surface area contributed by atoms with E-state index in [0.29, 0.717) is 0 Å². The lowest BCUT2D eigenvalue weighted by Crippen LogP contribution is -2.09. The topological polar surface area (TPSA) is 30.5 Å². The van der Waals surface area contributed by atoms with Crippen LogP contribution >= 0.6 is 0 Å². The number of rotatable bonds is 5. The maximum absolute atomic E-state index is 5.72. The monoisotopic (exact) mass is 223 g/mol. The lowest BCUT2D eigenvalue weighted by atomic mass is 10.2. The first kappa shape index (κ1) is 12.7. The zero-order chi connectivity index (χ0) is 12.1. The van der Waals surface area contributed by atoms with E-state index >= 15 is 0 Å². The Morgan fingerprint density at radius 3 is 2.12 bits per heavy atom. The molecule has 0 fully saturated rings. The van der Waals surface area contributed by atoms with Gasteiger partial charge in [-0.3, -0.25) is 0 Å². The molecule has 1 aromatic carbocycles. The fraction of sp³-hybridized carbons (Fsp3) is 0.538. The Morgan fingerprint density at radius 2 is 1.62 bits per heavy atom. The van der Waals surface area contributed by atoms with Crippen LogP contribution in [0.2, 0.25) is 0 Å². The van der Waals surface area contributed by atoms with Gasteiger partial charge in [0.2, 0.25) is 0 Å². The molecule has 0 saturated heterocycles. The SMILES string of the molecule is CNc1ccc(OC(C)C)cc1OC(C)C. The summed E-state index contributed by atoms with van der Waals surface area (Å²) < 4.78 is 11.3. The second kappa shape index (κ2) is 5.64. The third-order valence-electron chi connectivity index (χ3n) is 1.96. The van der Waals surface area contributed by atoms with Crippen LogP contribution in [0.5, 0.6) is 11.5 Å². The number of ether oxygens (including phenoxy) is 2. The highest BCUT2D eigenvalue weighted by atomic mass is 16.5. The minimum absolute atomic E-state index is 0.154. The second-order valence-corrected chi connectivity index (χ2v) is 4.24. The van der Waals surface area contributed by atoms with E-state index in [4.69, 9.17) is 9.47 Å². The van der Waals surface area contributed by atoms with Gasteiger partial charge < -0.3 is 14.8 Å².